The van der Waals surface area contributed by atoms with Crippen LogP contribution in [0.3, 0.4) is 0 Å². The van der Waals surface area contributed by atoms with Gasteiger partial charge in [-0.2, -0.15) is 8.42 Å². The van der Waals surface area contributed by atoms with Crippen LogP contribution in [-0.4, -0.2) is 27.3 Å². The highest BCUT2D eigenvalue weighted by Crippen LogP contribution is 2.11. The van der Waals surface area contributed by atoms with Crippen LogP contribution in [0.15, 0.2) is 0 Å². The second-order valence-electron chi connectivity index (χ2n) is 5.05. The predicted molar refractivity (Wildman–Crippen MR) is 80.6 cm³/mol. The van der Waals surface area contributed by atoms with Gasteiger partial charge in [-0.3, -0.25) is 4.18 Å². The summed E-state index contributed by atoms with van der Waals surface area (Å²) in [4.78, 5) is 0. The summed E-state index contributed by atoms with van der Waals surface area (Å²) in [5.74, 6) is 0.128. The quantitative estimate of drug-likeness (QED) is 0.394. The summed E-state index contributed by atoms with van der Waals surface area (Å²) in [5, 5.41) is 0. The fraction of sp³-hybridized carbons (Fsp3) is 1.00. The standard InChI is InChI=1S/C14H31NO3S/c1-2-3-4-5-6-7-8-9-10-11-14-19(16,17)18-13-12-15/h2-15H2,1H3. The van der Waals surface area contributed by atoms with E-state index in [2.05, 4.69) is 6.92 Å². The fourth-order valence-corrected chi connectivity index (χ4v) is 3.03. The van der Waals surface area contributed by atoms with E-state index in [1.807, 2.05) is 0 Å². The number of rotatable bonds is 14. The van der Waals surface area contributed by atoms with Gasteiger partial charge in [-0.1, -0.05) is 64.7 Å². The normalized spacial score (nSPS) is 11.9. The van der Waals surface area contributed by atoms with E-state index in [-0.39, 0.29) is 18.9 Å². The van der Waals surface area contributed by atoms with Gasteiger partial charge in [0.15, 0.2) is 0 Å². The van der Waals surface area contributed by atoms with Crippen molar-refractivity contribution in [1.82, 2.24) is 0 Å². The van der Waals surface area contributed by atoms with E-state index in [1.165, 1.54) is 44.9 Å². The van der Waals surface area contributed by atoms with Gasteiger partial charge in [-0.05, 0) is 6.42 Å². The van der Waals surface area contributed by atoms with Crippen LogP contribution in [0.2, 0.25) is 0 Å². The van der Waals surface area contributed by atoms with Crippen molar-refractivity contribution in [3.05, 3.63) is 0 Å². The Morgan fingerprint density at radius 2 is 1.32 bits per heavy atom. The molecule has 2 N–H and O–H groups in total. The van der Waals surface area contributed by atoms with Crippen LogP contribution in [0.1, 0.15) is 71.1 Å². The minimum Gasteiger partial charge on any atom is -0.328 e. The highest BCUT2D eigenvalue weighted by Gasteiger charge is 2.09. The zero-order valence-electron chi connectivity index (χ0n) is 12.4. The summed E-state index contributed by atoms with van der Waals surface area (Å²) >= 11 is 0. The van der Waals surface area contributed by atoms with Crippen LogP contribution in [0.25, 0.3) is 0 Å². The molecule has 0 heterocycles. The lowest BCUT2D eigenvalue weighted by molar-refractivity contribution is 0.326. The third-order valence-corrected chi connectivity index (χ3v) is 4.44. The largest absolute Gasteiger partial charge is 0.328 e. The highest BCUT2D eigenvalue weighted by atomic mass is 32.2. The van der Waals surface area contributed by atoms with Crippen molar-refractivity contribution in [1.29, 1.82) is 0 Å². The molecule has 0 radical (unpaired) electrons. The SMILES string of the molecule is CCCCCCCCCCCCS(=O)(=O)OCCN. The summed E-state index contributed by atoms with van der Waals surface area (Å²) in [5.41, 5.74) is 5.20. The van der Waals surface area contributed by atoms with Crippen molar-refractivity contribution >= 4 is 10.1 Å². The van der Waals surface area contributed by atoms with E-state index in [4.69, 9.17) is 9.92 Å². The molecular formula is C14H31NO3S. The van der Waals surface area contributed by atoms with Gasteiger partial charge in [0.2, 0.25) is 0 Å². The Kier molecular flexibility index (Phi) is 12.8. The Bertz CT molecular complexity index is 278. The van der Waals surface area contributed by atoms with E-state index < -0.39 is 10.1 Å². The van der Waals surface area contributed by atoms with E-state index in [9.17, 15) is 8.42 Å². The molecule has 116 valence electrons. The fourth-order valence-electron chi connectivity index (χ4n) is 2.00. The molecule has 5 heteroatoms. The van der Waals surface area contributed by atoms with E-state index in [0.29, 0.717) is 6.42 Å². The molecule has 0 spiro atoms. The topological polar surface area (TPSA) is 69.4 Å². The molecule has 0 bridgehead atoms. The van der Waals surface area contributed by atoms with Gasteiger partial charge in [0, 0.05) is 6.54 Å². The first-order chi connectivity index (χ1) is 9.12. The summed E-state index contributed by atoms with van der Waals surface area (Å²) in [7, 11) is -3.33. The molecule has 0 aromatic heterocycles. The predicted octanol–water partition coefficient (Wildman–Crippen LogP) is 3.21. The van der Waals surface area contributed by atoms with E-state index in [1.54, 1.807) is 0 Å². The van der Waals surface area contributed by atoms with Crippen molar-refractivity contribution in [2.45, 2.75) is 71.1 Å². The maximum absolute atomic E-state index is 11.3. The average Bonchev–Trinajstić information content (AvgIpc) is 2.38. The van der Waals surface area contributed by atoms with Gasteiger partial charge in [-0.25, -0.2) is 0 Å². The third kappa shape index (κ3) is 14.1. The minimum atomic E-state index is -3.33. The van der Waals surface area contributed by atoms with Crippen molar-refractivity contribution in [3.8, 4) is 0 Å². The zero-order chi connectivity index (χ0) is 14.4. The van der Waals surface area contributed by atoms with Gasteiger partial charge in [0.25, 0.3) is 10.1 Å². The summed E-state index contributed by atoms with van der Waals surface area (Å²) in [6, 6.07) is 0. The van der Waals surface area contributed by atoms with Gasteiger partial charge in [-0.15, -0.1) is 0 Å². The minimum absolute atomic E-state index is 0.0973. The lowest BCUT2D eigenvalue weighted by Gasteiger charge is -2.04. The van der Waals surface area contributed by atoms with E-state index in [0.717, 1.165) is 12.8 Å². The molecule has 0 unspecified atom stereocenters. The maximum atomic E-state index is 11.3. The lowest BCUT2D eigenvalue weighted by atomic mass is 10.1. The van der Waals surface area contributed by atoms with Crippen LogP contribution in [0, 0.1) is 0 Å². The Morgan fingerprint density at radius 3 is 1.79 bits per heavy atom. The van der Waals surface area contributed by atoms with Crippen LogP contribution in [0.5, 0.6) is 0 Å². The molecule has 0 fully saturated rings. The molecule has 0 aliphatic heterocycles. The second kappa shape index (κ2) is 12.9. The molecule has 0 saturated carbocycles. The van der Waals surface area contributed by atoms with Gasteiger partial charge in [0.05, 0.1) is 12.4 Å². The third-order valence-electron chi connectivity index (χ3n) is 3.13. The summed E-state index contributed by atoms with van der Waals surface area (Å²) < 4.78 is 27.4. The molecule has 0 aromatic rings. The van der Waals surface area contributed by atoms with Crippen molar-refractivity contribution in [3.63, 3.8) is 0 Å². The molecule has 0 rings (SSSR count). The van der Waals surface area contributed by atoms with Gasteiger partial charge in [0.1, 0.15) is 0 Å². The van der Waals surface area contributed by atoms with Gasteiger partial charge < -0.3 is 5.73 Å². The first-order valence-corrected chi connectivity index (χ1v) is 9.27. The molecular weight excluding hydrogens is 262 g/mol. The van der Waals surface area contributed by atoms with E-state index >= 15 is 0 Å². The Balaban J connectivity index is 3.26. The first kappa shape index (κ1) is 18.9. The molecule has 0 aromatic carbocycles. The van der Waals surface area contributed by atoms with Crippen molar-refractivity contribution < 1.29 is 12.6 Å². The number of nitrogens with two attached hydrogens (primary N) is 1. The Labute approximate surface area is 119 Å². The monoisotopic (exact) mass is 293 g/mol. The first-order valence-electron chi connectivity index (χ1n) is 7.69. The smallest absolute Gasteiger partial charge is 0.267 e. The number of hydrogen-bond acceptors (Lipinski definition) is 4. The Hall–Kier alpha value is -0.130. The molecule has 0 aliphatic carbocycles. The summed E-state index contributed by atoms with van der Waals surface area (Å²) in [6.07, 6.45) is 11.9. The van der Waals surface area contributed by atoms with Crippen LogP contribution >= 0.6 is 0 Å². The van der Waals surface area contributed by atoms with Crippen LogP contribution < -0.4 is 5.73 Å². The highest BCUT2D eigenvalue weighted by molar-refractivity contribution is 7.86. The number of hydrogen-bond donors (Lipinski definition) is 1. The molecule has 0 atom stereocenters. The van der Waals surface area contributed by atoms with Crippen LogP contribution in [-0.2, 0) is 14.3 Å². The lowest BCUT2D eigenvalue weighted by Crippen LogP contribution is -2.16. The van der Waals surface area contributed by atoms with Gasteiger partial charge >= 0.3 is 0 Å². The molecule has 4 nitrogen and oxygen atoms in total. The zero-order valence-corrected chi connectivity index (χ0v) is 13.2. The molecule has 19 heavy (non-hydrogen) atoms. The van der Waals surface area contributed by atoms with Crippen molar-refractivity contribution in [2.75, 3.05) is 18.9 Å². The Morgan fingerprint density at radius 1 is 0.842 bits per heavy atom. The summed E-state index contributed by atoms with van der Waals surface area (Å²) in [6.45, 7) is 2.57. The second-order valence-corrected chi connectivity index (χ2v) is 6.81. The maximum Gasteiger partial charge on any atom is 0.267 e. The van der Waals surface area contributed by atoms with Crippen LogP contribution in [0.4, 0.5) is 0 Å². The molecule has 0 saturated heterocycles. The molecule has 0 amide bonds. The van der Waals surface area contributed by atoms with Crippen molar-refractivity contribution in [2.24, 2.45) is 5.73 Å². The number of unbranched alkanes of at least 4 members (excludes halogenated alkanes) is 9. The average molecular weight is 293 g/mol. The molecule has 0 aliphatic rings.